The third kappa shape index (κ3) is 3.26. The highest BCUT2D eigenvalue weighted by molar-refractivity contribution is 7.98. The van der Waals surface area contributed by atoms with Gasteiger partial charge in [-0.05, 0) is 27.0 Å². The summed E-state index contributed by atoms with van der Waals surface area (Å²) in [6.07, 6.45) is 2.13. The van der Waals surface area contributed by atoms with E-state index in [1.54, 1.807) is 11.3 Å². The number of hydrogen-bond donors (Lipinski definition) is 1. The van der Waals surface area contributed by atoms with E-state index in [4.69, 9.17) is 0 Å². The first-order valence-electron chi connectivity index (χ1n) is 4.81. The van der Waals surface area contributed by atoms with Crippen LogP contribution in [-0.2, 0) is 0 Å². The molecule has 0 radical (unpaired) electrons. The van der Waals surface area contributed by atoms with Gasteiger partial charge in [0, 0.05) is 23.2 Å². The summed E-state index contributed by atoms with van der Waals surface area (Å²) in [5.74, 6) is 1.17. The summed E-state index contributed by atoms with van der Waals surface area (Å²) in [5.41, 5.74) is 1.18. The van der Waals surface area contributed by atoms with Crippen LogP contribution in [0.3, 0.4) is 0 Å². The van der Waals surface area contributed by atoms with Crippen molar-refractivity contribution in [3.05, 3.63) is 15.6 Å². The first kappa shape index (κ1) is 12.0. The maximum Gasteiger partial charge on any atom is 0.0900 e. The van der Waals surface area contributed by atoms with Crippen LogP contribution in [0.25, 0.3) is 0 Å². The lowest BCUT2D eigenvalue weighted by molar-refractivity contribution is 0.606. The minimum absolute atomic E-state index is 0.438. The second-order valence-corrected chi connectivity index (χ2v) is 5.57. The van der Waals surface area contributed by atoms with Crippen molar-refractivity contribution in [1.29, 1.82) is 0 Å². The van der Waals surface area contributed by atoms with Gasteiger partial charge >= 0.3 is 0 Å². The number of aromatic nitrogens is 1. The Bertz CT molecular complexity index is 284. The Kier molecular flexibility index (Phi) is 4.92. The van der Waals surface area contributed by atoms with Gasteiger partial charge in [0.1, 0.15) is 0 Å². The van der Waals surface area contributed by atoms with E-state index in [-0.39, 0.29) is 0 Å². The molecule has 1 rings (SSSR count). The molecule has 80 valence electrons. The summed E-state index contributed by atoms with van der Waals surface area (Å²) in [7, 11) is 0. The van der Waals surface area contributed by atoms with Crippen LogP contribution in [0, 0.1) is 13.8 Å². The van der Waals surface area contributed by atoms with Crippen molar-refractivity contribution >= 4 is 23.1 Å². The molecule has 0 aliphatic heterocycles. The van der Waals surface area contributed by atoms with Gasteiger partial charge in [-0.1, -0.05) is 0 Å². The molecule has 14 heavy (non-hydrogen) atoms. The lowest BCUT2D eigenvalue weighted by Gasteiger charge is -2.11. The Labute approximate surface area is 94.5 Å². The Morgan fingerprint density at radius 2 is 2.21 bits per heavy atom. The topological polar surface area (TPSA) is 24.9 Å². The van der Waals surface area contributed by atoms with Gasteiger partial charge in [-0.15, -0.1) is 11.3 Å². The molecule has 0 saturated heterocycles. The molecule has 0 aliphatic rings. The fourth-order valence-electron chi connectivity index (χ4n) is 1.42. The number of hydrogen-bond acceptors (Lipinski definition) is 4. The molecule has 0 fully saturated rings. The van der Waals surface area contributed by atoms with Gasteiger partial charge in [0.15, 0.2) is 0 Å². The van der Waals surface area contributed by atoms with Crippen molar-refractivity contribution in [2.24, 2.45) is 0 Å². The second-order valence-electron chi connectivity index (χ2n) is 3.35. The number of thiazole rings is 1. The van der Waals surface area contributed by atoms with Crippen molar-refractivity contribution in [1.82, 2.24) is 10.3 Å². The SMILES string of the molecule is CSCCNC(C)c1sc(C)nc1C. The predicted octanol–water partition coefficient (Wildman–Crippen LogP) is 2.77. The number of thioether (sulfide) groups is 1. The fraction of sp³-hybridized carbons (Fsp3) is 0.700. The van der Waals surface area contributed by atoms with E-state index in [9.17, 15) is 0 Å². The van der Waals surface area contributed by atoms with Crippen LogP contribution in [0.5, 0.6) is 0 Å². The number of aryl methyl sites for hydroxylation is 2. The maximum absolute atomic E-state index is 4.43. The van der Waals surface area contributed by atoms with E-state index in [1.807, 2.05) is 11.8 Å². The van der Waals surface area contributed by atoms with Gasteiger partial charge in [-0.25, -0.2) is 4.98 Å². The van der Waals surface area contributed by atoms with E-state index >= 15 is 0 Å². The highest BCUT2D eigenvalue weighted by atomic mass is 32.2. The van der Waals surface area contributed by atoms with Gasteiger partial charge < -0.3 is 5.32 Å². The van der Waals surface area contributed by atoms with E-state index in [0.29, 0.717) is 6.04 Å². The third-order valence-corrected chi connectivity index (χ3v) is 3.96. The van der Waals surface area contributed by atoms with Crippen LogP contribution in [0.4, 0.5) is 0 Å². The minimum Gasteiger partial charge on any atom is -0.309 e. The lowest BCUT2D eigenvalue weighted by atomic mass is 10.2. The average molecular weight is 230 g/mol. The van der Waals surface area contributed by atoms with Crippen LogP contribution in [0.2, 0.25) is 0 Å². The molecule has 1 N–H and O–H groups in total. The summed E-state index contributed by atoms with van der Waals surface area (Å²) >= 11 is 3.67. The van der Waals surface area contributed by atoms with Crippen LogP contribution in [0.1, 0.15) is 28.5 Å². The maximum atomic E-state index is 4.43. The predicted molar refractivity (Wildman–Crippen MR) is 66.4 cm³/mol. The summed E-state index contributed by atoms with van der Waals surface area (Å²) < 4.78 is 0. The molecule has 1 aromatic rings. The van der Waals surface area contributed by atoms with Gasteiger partial charge in [0.25, 0.3) is 0 Å². The summed E-state index contributed by atoms with van der Waals surface area (Å²) in [4.78, 5) is 5.81. The molecular weight excluding hydrogens is 212 g/mol. The van der Waals surface area contributed by atoms with E-state index in [0.717, 1.165) is 11.6 Å². The van der Waals surface area contributed by atoms with Crippen LogP contribution in [0.15, 0.2) is 0 Å². The second kappa shape index (κ2) is 5.73. The third-order valence-electron chi connectivity index (χ3n) is 2.09. The minimum atomic E-state index is 0.438. The molecule has 1 atom stereocenters. The molecule has 0 bridgehead atoms. The van der Waals surface area contributed by atoms with Crippen molar-refractivity contribution in [2.45, 2.75) is 26.8 Å². The van der Waals surface area contributed by atoms with E-state index in [2.05, 4.69) is 37.3 Å². The smallest absolute Gasteiger partial charge is 0.0900 e. The Balaban J connectivity index is 2.51. The molecule has 2 nitrogen and oxygen atoms in total. The number of nitrogens with zero attached hydrogens (tertiary/aromatic N) is 1. The largest absolute Gasteiger partial charge is 0.309 e. The zero-order valence-corrected chi connectivity index (χ0v) is 10.9. The van der Waals surface area contributed by atoms with Crippen molar-refractivity contribution in [3.8, 4) is 0 Å². The zero-order chi connectivity index (χ0) is 10.6. The molecule has 1 heterocycles. The zero-order valence-electron chi connectivity index (χ0n) is 9.26. The van der Waals surface area contributed by atoms with E-state index < -0.39 is 0 Å². The molecule has 1 unspecified atom stereocenters. The van der Waals surface area contributed by atoms with Gasteiger partial charge in [0.2, 0.25) is 0 Å². The number of rotatable bonds is 5. The normalized spacial score (nSPS) is 13.1. The first-order chi connectivity index (χ1) is 6.65. The molecule has 0 spiro atoms. The summed E-state index contributed by atoms with van der Waals surface area (Å²) in [6, 6.07) is 0.438. The van der Waals surface area contributed by atoms with Crippen molar-refractivity contribution < 1.29 is 0 Å². The standard InChI is InChI=1S/C10H18N2S2/c1-7(11-5-6-13-4)10-8(2)12-9(3)14-10/h7,11H,5-6H2,1-4H3. The lowest BCUT2D eigenvalue weighted by Crippen LogP contribution is -2.21. The molecule has 0 aromatic carbocycles. The van der Waals surface area contributed by atoms with Gasteiger partial charge in [0.05, 0.1) is 10.7 Å². The van der Waals surface area contributed by atoms with Crippen LogP contribution < -0.4 is 5.32 Å². The Morgan fingerprint density at radius 3 is 2.71 bits per heavy atom. The van der Waals surface area contributed by atoms with Crippen LogP contribution in [-0.4, -0.2) is 23.5 Å². The average Bonchev–Trinajstić information content (AvgIpc) is 2.45. The highest BCUT2D eigenvalue weighted by Gasteiger charge is 2.11. The van der Waals surface area contributed by atoms with E-state index in [1.165, 1.54) is 16.3 Å². The van der Waals surface area contributed by atoms with Gasteiger partial charge in [-0.2, -0.15) is 11.8 Å². The van der Waals surface area contributed by atoms with Gasteiger partial charge in [-0.3, -0.25) is 0 Å². The quantitative estimate of drug-likeness (QED) is 0.787. The molecule has 4 heteroatoms. The highest BCUT2D eigenvalue weighted by Crippen LogP contribution is 2.24. The Morgan fingerprint density at radius 1 is 1.50 bits per heavy atom. The monoisotopic (exact) mass is 230 g/mol. The van der Waals surface area contributed by atoms with Crippen molar-refractivity contribution in [3.63, 3.8) is 0 Å². The van der Waals surface area contributed by atoms with Crippen molar-refractivity contribution in [2.75, 3.05) is 18.6 Å². The molecule has 0 saturated carbocycles. The fourth-order valence-corrected chi connectivity index (χ4v) is 2.70. The number of nitrogens with one attached hydrogen (secondary N) is 1. The van der Waals surface area contributed by atoms with Crippen LogP contribution >= 0.6 is 23.1 Å². The molecule has 0 aliphatic carbocycles. The molecular formula is C10H18N2S2. The molecule has 0 amide bonds. The molecule has 1 aromatic heterocycles. The summed E-state index contributed by atoms with van der Waals surface area (Å²) in [5, 5.41) is 4.67. The summed E-state index contributed by atoms with van der Waals surface area (Å²) in [6.45, 7) is 7.43. The first-order valence-corrected chi connectivity index (χ1v) is 7.02. The Hall–Kier alpha value is -0.0600.